The number of nitrogens with zero attached hydrogens (tertiary/aromatic N) is 2. The van der Waals surface area contributed by atoms with Gasteiger partial charge in [0.1, 0.15) is 0 Å². The van der Waals surface area contributed by atoms with Crippen molar-refractivity contribution in [2.45, 2.75) is 0 Å². The molecule has 0 atom stereocenters. The van der Waals surface area contributed by atoms with E-state index in [9.17, 15) is 14.4 Å². The molecular formula is C18H13ClN4O4. The Kier molecular flexibility index (Phi) is 5.28. The second-order valence-electron chi connectivity index (χ2n) is 5.35. The first-order valence-corrected chi connectivity index (χ1v) is 8.06. The molecule has 0 aliphatic rings. The number of aromatic nitrogens is 2. The maximum absolute atomic E-state index is 12.2. The third-order valence-electron chi connectivity index (χ3n) is 3.59. The topological polar surface area (TPSA) is 110 Å². The number of rotatable bonds is 3. The number of fused-ring (bicyclic) bond motifs is 1. The summed E-state index contributed by atoms with van der Waals surface area (Å²) in [6, 6.07) is 8.22. The van der Waals surface area contributed by atoms with Crippen LogP contribution < -0.4 is 10.6 Å². The molecule has 1 heterocycles. The van der Waals surface area contributed by atoms with Crippen molar-refractivity contribution in [3.05, 3.63) is 64.9 Å². The van der Waals surface area contributed by atoms with Gasteiger partial charge in [0.25, 0.3) is 5.91 Å². The van der Waals surface area contributed by atoms with Crippen molar-refractivity contribution in [3.63, 3.8) is 0 Å². The highest BCUT2D eigenvalue weighted by Crippen LogP contribution is 2.21. The van der Waals surface area contributed by atoms with Gasteiger partial charge >= 0.3 is 12.0 Å². The van der Waals surface area contributed by atoms with Gasteiger partial charge in [0, 0.05) is 23.6 Å². The van der Waals surface area contributed by atoms with E-state index in [0.717, 1.165) is 0 Å². The van der Waals surface area contributed by atoms with Crippen LogP contribution in [0, 0.1) is 0 Å². The highest BCUT2D eigenvalue weighted by atomic mass is 35.5. The summed E-state index contributed by atoms with van der Waals surface area (Å²) in [4.78, 5) is 44.2. The van der Waals surface area contributed by atoms with Crippen LogP contribution >= 0.6 is 11.6 Å². The van der Waals surface area contributed by atoms with E-state index in [0.29, 0.717) is 11.0 Å². The summed E-state index contributed by atoms with van der Waals surface area (Å²) < 4.78 is 4.62. The fourth-order valence-electron chi connectivity index (χ4n) is 2.31. The summed E-state index contributed by atoms with van der Waals surface area (Å²) in [6.07, 6.45) is 3.06. The first kappa shape index (κ1) is 18.3. The molecular weight excluding hydrogens is 372 g/mol. The Morgan fingerprint density at radius 3 is 2.48 bits per heavy atom. The van der Waals surface area contributed by atoms with E-state index in [1.165, 1.54) is 43.6 Å². The van der Waals surface area contributed by atoms with E-state index in [1.807, 2.05) is 0 Å². The van der Waals surface area contributed by atoms with E-state index in [1.54, 1.807) is 12.3 Å². The highest BCUT2D eigenvalue weighted by Gasteiger charge is 2.14. The van der Waals surface area contributed by atoms with Crippen molar-refractivity contribution in [2.75, 3.05) is 12.4 Å². The molecule has 3 aromatic rings. The quantitative estimate of drug-likeness (QED) is 0.671. The molecule has 2 N–H and O–H groups in total. The van der Waals surface area contributed by atoms with Gasteiger partial charge in [0.15, 0.2) is 0 Å². The molecule has 0 unspecified atom stereocenters. The molecule has 0 saturated heterocycles. The van der Waals surface area contributed by atoms with E-state index < -0.39 is 17.9 Å². The van der Waals surface area contributed by atoms with Crippen LogP contribution in [-0.2, 0) is 4.74 Å². The van der Waals surface area contributed by atoms with Crippen LogP contribution in [0.15, 0.2) is 48.8 Å². The van der Waals surface area contributed by atoms with Crippen molar-refractivity contribution in [3.8, 4) is 0 Å². The van der Waals surface area contributed by atoms with Crippen molar-refractivity contribution >= 4 is 46.2 Å². The second-order valence-corrected chi connectivity index (χ2v) is 5.76. The number of nitrogens with one attached hydrogen (secondary N) is 2. The van der Waals surface area contributed by atoms with Crippen molar-refractivity contribution in [1.29, 1.82) is 0 Å². The summed E-state index contributed by atoms with van der Waals surface area (Å²) in [7, 11) is 1.22. The number of methoxy groups -OCH3 is 1. The Hall–Kier alpha value is -3.52. The Balaban J connectivity index is 1.71. The number of ether oxygens (including phenoxy) is 1. The summed E-state index contributed by atoms with van der Waals surface area (Å²) in [5.41, 5.74) is 1.79. The number of hydrogen-bond acceptors (Lipinski definition) is 6. The predicted molar refractivity (Wildman–Crippen MR) is 98.8 cm³/mol. The van der Waals surface area contributed by atoms with Crippen molar-refractivity contribution < 1.29 is 19.1 Å². The molecule has 3 rings (SSSR count). The molecule has 1 aromatic heterocycles. The number of halogens is 1. The molecule has 2 aromatic carbocycles. The molecule has 0 saturated carbocycles. The van der Waals surface area contributed by atoms with Crippen LogP contribution in [0.1, 0.15) is 20.7 Å². The van der Waals surface area contributed by atoms with Gasteiger partial charge in [-0.25, -0.2) is 9.59 Å². The second kappa shape index (κ2) is 7.79. The molecule has 27 heavy (non-hydrogen) atoms. The molecule has 0 spiro atoms. The lowest BCUT2D eigenvalue weighted by atomic mass is 10.2. The summed E-state index contributed by atoms with van der Waals surface area (Å²) >= 11 is 5.92. The van der Waals surface area contributed by atoms with E-state index in [2.05, 4.69) is 25.3 Å². The molecule has 8 nitrogen and oxygen atoms in total. The minimum absolute atomic E-state index is 0.0939. The first-order chi connectivity index (χ1) is 13.0. The van der Waals surface area contributed by atoms with Crippen LogP contribution in [0.3, 0.4) is 0 Å². The lowest BCUT2D eigenvalue weighted by molar-refractivity contribution is 0.0600. The number of imide groups is 1. The highest BCUT2D eigenvalue weighted by molar-refractivity contribution is 6.33. The van der Waals surface area contributed by atoms with Gasteiger partial charge in [-0.2, -0.15) is 0 Å². The smallest absolute Gasteiger partial charge is 0.339 e. The molecule has 136 valence electrons. The molecule has 0 fully saturated rings. The van der Waals surface area contributed by atoms with Gasteiger partial charge in [-0.15, -0.1) is 0 Å². The van der Waals surface area contributed by atoms with E-state index in [-0.39, 0.29) is 21.8 Å². The van der Waals surface area contributed by atoms with Crippen LogP contribution in [0.2, 0.25) is 5.02 Å². The van der Waals surface area contributed by atoms with Gasteiger partial charge in [-0.1, -0.05) is 11.6 Å². The molecule has 0 bridgehead atoms. The minimum atomic E-state index is -0.766. The molecule has 3 amide bonds. The normalized spacial score (nSPS) is 10.3. The largest absolute Gasteiger partial charge is 0.465 e. The number of anilines is 1. The zero-order chi connectivity index (χ0) is 19.4. The predicted octanol–water partition coefficient (Wildman–Crippen LogP) is 3.03. The van der Waals surface area contributed by atoms with Gasteiger partial charge in [0.05, 0.1) is 28.7 Å². The minimum Gasteiger partial charge on any atom is -0.465 e. The lowest BCUT2D eigenvalue weighted by Crippen LogP contribution is -2.34. The monoisotopic (exact) mass is 384 g/mol. The fraction of sp³-hybridized carbons (Fsp3) is 0.0556. The van der Waals surface area contributed by atoms with Gasteiger partial charge in [0.2, 0.25) is 0 Å². The number of hydrogen-bond donors (Lipinski definition) is 2. The number of esters is 1. The van der Waals surface area contributed by atoms with Gasteiger partial charge in [-0.05, 0) is 36.4 Å². The standard InChI is InChI=1S/C18H13ClN4O4/c1-27-17(25)12-9-11(3-4-13(12)19)22-18(26)23-16(24)10-2-5-14-15(8-10)21-7-6-20-14/h2-9H,1H3,(H2,22,23,24,26). The zero-order valence-corrected chi connectivity index (χ0v) is 14.8. The van der Waals surface area contributed by atoms with Gasteiger partial charge in [-0.3, -0.25) is 20.1 Å². The zero-order valence-electron chi connectivity index (χ0n) is 14.0. The first-order valence-electron chi connectivity index (χ1n) is 7.69. The lowest BCUT2D eigenvalue weighted by Gasteiger charge is -2.09. The summed E-state index contributed by atoms with van der Waals surface area (Å²) in [5, 5.41) is 4.84. The maximum atomic E-state index is 12.2. The van der Waals surface area contributed by atoms with Crippen LogP contribution in [-0.4, -0.2) is 35.0 Å². The Bertz CT molecular complexity index is 1050. The number of urea groups is 1. The number of carbonyl (C=O) groups excluding carboxylic acids is 3. The fourth-order valence-corrected chi connectivity index (χ4v) is 2.51. The summed E-state index contributed by atoms with van der Waals surface area (Å²) in [6.45, 7) is 0. The molecule has 0 aliphatic heterocycles. The SMILES string of the molecule is COC(=O)c1cc(NC(=O)NC(=O)c2ccc3nccnc3c2)ccc1Cl. The Morgan fingerprint density at radius 1 is 1.00 bits per heavy atom. The molecule has 0 radical (unpaired) electrons. The average Bonchev–Trinajstić information content (AvgIpc) is 2.68. The third-order valence-corrected chi connectivity index (χ3v) is 3.92. The Morgan fingerprint density at radius 2 is 1.74 bits per heavy atom. The number of benzene rings is 2. The van der Waals surface area contributed by atoms with E-state index in [4.69, 9.17) is 11.6 Å². The Labute approximate surface area is 158 Å². The van der Waals surface area contributed by atoms with Crippen LogP contribution in [0.25, 0.3) is 11.0 Å². The van der Waals surface area contributed by atoms with Gasteiger partial charge < -0.3 is 10.1 Å². The number of carbonyl (C=O) groups is 3. The third kappa shape index (κ3) is 4.18. The summed E-state index contributed by atoms with van der Waals surface area (Å²) in [5.74, 6) is -1.25. The maximum Gasteiger partial charge on any atom is 0.339 e. The van der Waals surface area contributed by atoms with Crippen molar-refractivity contribution in [2.24, 2.45) is 0 Å². The van der Waals surface area contributed by atoms with Crippen LogP contribution in [0.5, 0.6) is 0 Å². The van der Waals surface area contributed by atoms with Crippen LogP contribution in [0.4, 0.5) is 10.5 Å². The number of amides is 3. The van der Waals surface area contributed by atoms with E-state index >= 15 is 0 Å². The molecule has 0 aliphatic carbocycles. The van der Waals surface area contributed by atoms with Crippen molar-refractivity contribution in [1.82, 2.24) is 15.3 Å². The average molecular weight is 385 g/mol. The molecule has 9 heteroatoms.